The van der Waals surface area contributed by atoms with Crippen LogP contribution < -0.4 is 0 Å². The lowest BCUT2D eigenvalue weighted by atomic mass is 9.99. The molecule has 19 heteroatoms. The van der Waals surface area contributed by atoms with Crippen molar-refractivity contribution < 1.29 is 80.2 Å². The minimum absolute atomic E-state index is 0.102. The van der Waals surface area contributed by atoms with Crippen LogP contribution in [0.25, 0.3) is 0 Å². The summed E-state index contributed by atoms with van der Waals surface area (Å²) in [6.45, 7) is 11.8. The average molecular weight is 1310 g/mol. The second kappa shape index (κ2) is 61.0. The minimum Gasteiger partial charge on any atom is -0.462 e. The van der Waals surface area contributed by atoms with Crippen LogP contribution in [-0.4, -0.2) is 96.7 Å². The topological polar surface area (TPSA) is 237 Å². The number of aliphatic hydroxyl groups excluding tert-OH is 1. The van der Waals surface area contributed by atoms with E-state index in [0.29, 0.717) is 31.6 Å². The number of aliphatic hydroxyl groups is 1. The van der Waals surface area contributed by atoms with E-state index in [9.17, 15) is 43.2 Å². The Kier molecular flexibility index (Phi) is 59.6. The number of carbonyl (C=O) groups is 4. The van der Waals surface area contributed by atoms with E-state index < -0.39 is 97.5 Å². The number of esters is 4. The van der Waals surface area contributed by atoms with Gasteiger partial charge in [-0.25, -0.2) is 9.13 Å². The van der Waals surface area contributed by atoms with Crippen LogP contribution in [0.1, 0.15) is 350 Å². The molecule has 6 atom stereocenters. The second-order valence-electron chi connectivity index (χ2n) is 26.5. The molecule has 0 bridgehead atoms. The van der Waals surface area contributed by atoms with Gasteiger partial charge in [-0.1, -0.05) is 299 Å². The molecule has 0 spiro atoms. The summed E-state index contributed by atoms with van der Waals surface area (Å²) in [5, 5.41) is 10.6. The first-order valence-corrected chi connectivity index (χ1v) is 39.4. The smallest absolute Gasteiger partial charge is 0.462 e. The van der Waals surface area contributed by atoms with Crippen molar-refractivity contribution in [3.63, 3.8) is 0 Å². The van der Waals surface area contributed by atoms with Gasteiger partial charge in [-0.2, -0.15) is 0 Å². The van der Waals surface area contributed by atoms with Gasteiger partial charge in [-0.05, 0) is 43.4 Å². The van der Waals surface area contributed by atoms with Gasteiger partial charge < -0.3 is 33.8 Å². The van der Waals surface area contributed by atoms with E-state index in [4.69, 9.17) is 37.0 Å². The van der Waals surface area contributed by atoms with Gasteiger partial charge in [-0.3, -0.25) is 37.3 Å². The van der Waals surface area contributed by atoms with E-state index in [1.807, 2.05) is 0 Å². The van der Waals surface area contributed by atoms with Gasteiger partial charge in [0.15, 0.2) is 12.2 Å². The molecule has 89 heavy (non-hydrogen) atoms. The first-order chi connectivity index (χ1) is 42.8. The normalized spacial score (nSPS) is 14.5. The SMILES string of the molecule is CCCCCCCCCCC(=O)OC[C@H](COP(=O)(O)OC[C@H](O)COP(=O)(O)OC[C@@H](COC(=O)CCCCCCCCCCCCC(C)CC)OC(=O)CCCCCCCCCCCCCCCCCC(C)C)OC(=O)CCCCCCCCC(C)C. The summed E-state index contributed by atoms with van der Waals surface area (Å²) in [6, 6.07) is 0. The Labute approximate surface area is 543 Å². The number of phosphoric ester groups is 2. The van der Waals surface area contributed by atoms with Gasteiger partial charge in [0.25, 0.3) is 0 Å². The van der Waals surface area contributed by atoms with E-state index in [-0.39, 0.29) is 25.7 Å². The standard InChI is InChI=1S/C70H136O17P2/c1-8-10-11-12-13-29-37-44-51-67(72)80-58-66(87-70(75)54-47-40-33-32-35-42-49-62(5)6)60-85-89(78,79)83-56-64(71)55-82-88(76,77)84-59-65(57-81-68(73)52-45-38-30-25-22-21-24-28-36-43-50-63(7)9-2)86-69(74)53-46-39-31-26-20-18-16-14-15-17-19-23-27-34-41-48-61(3)4/h61-66,71H,8-60H2,1-7H3,(H,76,77)(H,78,79)/t63?,64-,65-,66-/m1/s1. The van der Waals surface area contributed by atoms with E-state index in [1.165, 1.54) is 154 Å². The first-order valence-electron chi connectivity index (χ1n) is 36.4. The molecular formula is C70H136O17P2. The van der Waals surface area contributed by atoms with Crippen molar-refractivity contribution in [3.05, 3.63) is 0 Å². The molecule has 0 aromatic heterocycles. The highest BCUT2D eigenvalue weighted by atomic mass is 31.2. The molecule has 0 aliphatic heterocycles. The zero-order valence-corrected chi connectivity index (χ0v) is 59.7. The lowest BCUT2D eigenvalue weighted by Crippen LogP contribution is -2.30. The zero-order valence-electron chi connectivity index (χ0n) is 57.9. The summed E-state index contributed by atoms with van der Waals surface area (Å²) in [6.07, 6.45) is 44.6. The number of hydrogen-bond donors (Lipinski definition) is 3. The highest BCUT2D eigenvalue weighted by Crippen LogP contribution is 2.45. The Balaban J connectivity index is 5.20. The molecule has 528 valence electrons. The molecule has 0 radical (unpaired) electrons. The second-order valence-corrected chi connectivity index (χ2v) is 29.4. The molecule has 0 saturated carbocycles. The minimum atomic E-state index is -4.95. The lowest BCUT2D eigenvalue weighted by Gasteiger charge is -2.21. The maximum absolute atomic E-state index is 13.0. The molecule has 0 heterocycles. The molecule has 0 aromatic rings. The van der Waals surface area contributed by atoms with Gasteiger partial charge in [0.1, 0.15) is 19.3 Å². The Morgan fingerprint density at radius 2 is 0.573 bits per heavy atom. The highest BCUT2D eigenvalue weighted by Gasteiger charge is 2.30. The summed E-state index contributed by atoms with van der Waals surface area (Å²) in [5.74, 6) is 0.149. The molecular weight excluding hydrogens is 1170 g/mol. The third kappa shape index (κ3) is 63.2. The van der Waals surface area contributed by atoms with E-state index in [1.54, 1.807) is 0 Å². The van der Waals surface area contributed by atoms with Crippen molar-refractivity contribution in [2.45, 2.75) is 369 Å². The maximum atomic E-state index is 13.0. The van der Waals surface area contributed by atoms with Gasteiger partial charge in [0.2, 0.25) is 0 Å². The molecule has 3 N–H and O–H groups in total. The number of carbonyl (C=O) groups excluding carboxylic acids is 4. The predicted octanol–water partition coefficient (Wildman–Crippen LogP) is 19.8. The van der Waals surface area contributed by atoms with Crippen molar-refractivity contribution in [3.8, 4) is 0 Å². The van der Waals surface area contributed by atoms with Crippen molar-refractivity contribution in [1.82, 2.24) is 0 Å². The first kappa shape index (κ1) is 87.1. The maximum Gasteiger partial charge on any atom is 0.472 e. The monoisotopic (exact) mass is 1310 g/mol. The molecule has 0 fully saturated rings. The fraction of sp³-hybridized carbons (Fsp3) is 0.943. The summed E-state index contributed by atoms with van der Waals surface area (Å²) in [4.78, 5) is 72.4. The van der Waals surface area contributed by atoms with Crippen LogP contribution in [0, 0.1) is 17.8 Å². The molecule has 0 aromatic carbocycles. The Morgan fingerprint density at radius 3 is 0.854 bits per heavy atom. The molecule has 3 unspecified atom stereocenters. The van der Waals surface area contributed by atoms with E-state index in [0.717, 1.165) is 108 Å². The summed E-state index contributed by atoms with van der Waals surface area (Å²) in [5.41, 5.74) is 0. The van der Waals surface area contributed by atoms with Crippen LogP contribution in [-0.2, 0) is 65.4 Å². The van der Waals surface area contributed by atoms with Crippen molar-refractivity contribution in [1.29, 1.82) is 0 Å². The summed E-state index contributed by atoms with van der Waals surface area (Å²) < 4.78 is 68.2. The van der Waals surface area contributed by atoms with Crippen LogP contribution in [0.4, 0.5) is 0 Å². The van der Waals surface area contributed by atoms with Crippen molar-refractivity contribution in [2.75, 3.05) is 39.6 Å². The Morgan fingerprint density at radius 1 is 0.326 bits per heavy atom. The molecule has 0 amide bonds. The molecule has 0 aliphatic rings. The number of phosphoric acid groups is 2. The lowest BCUT2D eigenvalue weighted by molar-refractivity contribution is -0.161. The third-order valence-electron chi connectivity index (χ3n) is 16.5. The zero-order chi connectivity index (χ0) is 65.9. The van der Waals surface area contributed by atoms with Gasteiger partial charge in [0.05, 0.1) is 26.4 Å². The average Bonchev–Trinajstić information content (AvgIpc) is 3.66. The van der Waals surface area contributed by atoms with Crippen molar-refractivity contribution >= 4 is 39.5 Å². The molecule has 0 rings (SSSR count). The summed E-state index contributed by atoms with van der Waals surface area (Å²) in [7, 11) is -9.90. The predicted molar refractivity (Wildman–Crippen MR) is 358 cm³/mol. The number of rotatable bonds is 68. The van der Waals surface area contributed by atoms with Gasteiger partial charge in [-0.15, -0.1) is 0 Å². The van der Waals surface area contributed by atoms with Crippen LogP contribution in [0.2, 0.25) is 0 Å². The largest absolute Gasteiger partial charge is 0.472 e. The van der Waals surface area contributed by atoms with Gasteiger partial charge in [0, 0.05) is 25.7 Å². The van der Waals surface area contributed by atoms with Crippen LogP contribution in [0.3, 0.4) is 0 Å². The number of ether oxygens (including phenoxy) is 4. The fourth-order valence-corrected chi connectivity index (χ4v) is 12.1. The third-order valence-corrected chi connectivity index (χ3v) is 18.4. The molecule has 0 aliphatic carbocycles. The van der Waals surface area contributed by atoms with Crippen LogP contribution in [0.5, 0.6) is 0 Å². The number of unbranched alkanes of at least 4 members (excludes halogenated alkanes) is 35. The Hall–Kier alpha value is -1.94. The quantitative estimate of drug-likeness (QED) is 0.0222. The number of hydrogen-bond acceptors (Lipinski definition) is 15. The highest BCUT2D eigenvalue weighted by molar-refractivity contribution is 7.47. The molecule has 17 nitrogen and oxygen atoms in total. The summed E-state index contributed by atoms with van der Waals surface area (Å²) >= 11 is 0. The Bertz CT molecular complexity index is 1750. The van der Waals surface area contributed by atoms with Crippen LogP contribution in [0.15, 0.2) is 0 Å². The van der Waals surface area contributed by atoms with E-state index >= 15 is 0 Å². The fourth-order valence-electron chi connectivity index (χ4n) is 10.5. The van der Waals surface area contributed by atoms with Crippen molar-refractivity contribution in [2.24, 2.45) is 17.8 Å². The van der Waals surface area contributed by atoms with Gasteiger partial charge >= 0.3 is 39.5 Å². The van der Waals surface area contributed by atoms with Crippen LogP contribution >= 0.6 is 15.6 Å². The molecule has 0 saturated heterocycles. The van der Waals surface area contributed by atoms with E-state index in [2.05, 4.69) is 48.5 Å².